The molecule has 0 amide bonds. The average Bonchev–Trinajstić information content (AvgIpc) is 2.67. The van der Waals surface area contributed by atoms with E-state index in [9.17, 15) is 5.11 Å². The number of benzene rings is 2. The molecule has 1 aliphatic heterocycles. The van der Waals surface area contributed by atoms with Gasteiger partial charge in [-0.2, -0.15) is 0 Å². The van der Waals surface area contributed by atoms with Crippen LogP contribution in [0.4, 0.5) is 5.69 Å². The number of piperazine rings is 1. The lowest BCUT2D eigenvalue weighted by Gasteiger charge is -2.34. The van der Waals surface area contributed by atoms with Gasteiger partial charge in [0, 0.05) is 5.69 Å². The quantitative estimate of drug-likeness (QED) is 0.819. The molecule has 0 saturated carbocycles. The Morgan fingerprint density at radius 2 is 1.63 bits per heavy atom. The number of aliphatic hydroxyl groups excluding tert-OH is 1. The molecule has 0 radical (unpaired) electrons. The van der Waals surface area contributed by atoms with E-state index in [1.165, 1.54) is 16.2 Å². The summed E-state index contributed by atoms with van der Waals surface area (Å²) in [4.78, 5) is 3.87. The van der Waals surface area contributed by atoms with Gasteiger partial charge in [-0.1, -0.05) is 51.1 Å². The Balaban J connectivity index is 1.40. The molecule has 1 atom stereocenters. The second-order valence-electron chi connectivity index (χ2n) is 8.52. The monoisotopic (exact) mass is 369 g/mol. The molecule has 4 heteroatoms. The van der Waals surface area contributed by atoms with Crippen molar-refractivity contribution in [2.75, 3.05) is 44.2 Å². The van der Waals surface area contributed by atoms with E-state index in [-0.39, 0.29) is 5.41 Å². The Morgan fingerprint density at radius 1 is 1.00 bits per heavy atom. The molecule has 1 saturated heterocycles. The van der Waals surface area contributed by atoms with Crippen molar-refractivity contribution in [2.24, 2.45) is 0 Å². The molecule has 1 heterocycles. The van der Waals surface area contributed by atoms with Crippen molar-refractivity contribution < 1.29 is 14.7 Å². The van der Waals surface area contributed by atoms with E-state index in [2.05, 4.69) is 68.1 Å². The smallest absolute Gasteiger partial charge is 0.137 e. The molecule has 1 aliphatic rings. The first kappa shape index (κ1) is 19.7. The van der Waals surface area contributed by atoms with Crippen molar-refractivity contribution in [3.05, 3.63) is 60.2 Å². The van der Waals surface area contributed by atoms with Gasteiger partial charge in [-0.05, 0) is 35.2 Å². The maximum Gasteiger partial charge on any atom is 0.137 e. The summed E-state index contributed by atoms with van der Waals surface area (Å²) < 4.78 is 5.79. The average molecular weight is 370 g/mol. The van der Waals surface area contributed by atoms with Gasteiger partial charge >= 0.3 is 0 Å². The zero-order valence-corrected chi connectivity index (χ0v) is 16.8. The van der Waals surface area contributed by atoms with E-state index >= 15 is 0 Å². The predicted molar refractivity (Wildman–Crippen MR) is 111 cm³/mol. The Morgan fingerprint density at radius 3 is 2.22 bits per heavy atom. The van der Waals surface area contributed by atoms with E-state index in [0.717, 1.165) is 38.5 Å². The summed E-state index contributed by atoms with van der Waals surface area (Å²) in [6.45, 7) is 11.8. The number of hydrogen-bond donors (Lipinski definition) is 2. The van der Waals surface area contributed by atoms with Crippen molar-refractivity contribution in [1.82, 2.24) is 0 Å². The number of quaternary nitrogens is 1. The summed E-state index contributed by atoms with van der Waals surface area (Å²) in [6.07, 6.45) is -0.439. The van der Waals surface area contributed by atoms with Gasteiger partial charge in [-0.25, -0.2) is 0 Å². The zero-order valence-electron chi connectivity index (χ0n) is 16.8. The van der Waals surface area contributed by atoms with Crippen LogP contribution < -0.4 is 14.5 Å². The summed E-state index contributed by atoms with van der Waals surface area (Å²) in [5.41, 5.74) is 2.72. The molecule has 0 unspecified atom stereocenters. The highest BCUT2D eigenvalue weighted by Crippen LogP contribution is 2.24. The van der Waals surface area contributed by atoms with E-state index in [4.69, 9.17) is 4.74 Å². The molecule has 0 bridgehead atoms. The molecule has 4 nitrogen and oxygen atoms in total. The molecule has 0 spiro atoms. The maximum atomic E-state index is 10.4. The third-order valence-electron chi connectivity index (χ3n) is 5.28. The van der Waals surface area contributed by atoms with E-state index in [0.29, 0.717) is 6.61 Å². The van der Waals surface area contributed by atoms with Gasteiger partial charge < -0.3 is 19.6 Å². The topological polar surface area (TPSA) is 37.1 Å². The van der Waals surface area contributed by atoms with Crippen molar-refractivity contribution in [3.8, 4) is 5.75 Å². The number of ether oxygens (including phenoxy) is 1. The highest BCUT2D eigenvalue weighted by Gasteiger charge is 2.22. The Kier molecular flexibility index (Phi) is 6.40. The highest BCUT2D eigenvalue weighted by molar-refractivity contribution is 5.46. The van der Waals surface area contributed by atoms with Crippen LogP contribution in [0.1, 0.15) is 26.3 Å². The van der Waals surface area contributed by atoms with Crippen molar-refractivity contribution >= 4 is 5.69 Å². The van der Waals surface area contributed by atoms with Gasteiger partial charge in [0.25, 0.3) is 0 Å². The van der Waals surface area contributed by atoms with Crippen LogP contribution >= 0.6 is 0 Å². The van der Waals surface area contributed by atoms with Crippen LogP contribution in [0, 0.1) is 0 Å². The van der Waals surface area contributed by atoms with Crippen LogP contribution in [0.25, 0.3) is 0 Å². The van der Waals surface area contributed by atoms with Gasteiger partial charge in [0.2, 0.25) is 0 Å². The summed E-state index contributed by atoms with van der Waals surface area (Å²) in [7, 11) is 0. The van der Waals surface area contributed by atoms with E-state index < -0.39 is 6.10 Å². The van der Waals surface area contributed by atoms with Crippen LogP contribution in [0.3, 0.4) is 0 Å². The van der Waals surface area contributed by atoms with E-state index in [1.807, 2.05) is 12.1 Å². The molecule has 1 fully saturated rings. The molecule has 2 N–H and O–H groups in total. The highest BCUT2D eigenvalue weighted by atomic mass is 16.5. The fraction of sp³-hybridized carbons (Fsp3) is 0.478. The van der Waals surface area contributed by atoms with Gasteiger partial charge in [0.05, 0.1) is 26.2 Å². The number of hydrogen-bond acceptors (Lipinski definition) is 3. The number of para-hydroxylation sites is 1. The number of nitrogens with one attached hydrogen (secondary N) is 1. The van der Waals surface area contributed by atoms with Crippen LogP contribution in [0.2, 0.25) is 0 Å². The standard InChI is InChI=1S/C23H32N2O2/c1-23(2,3)19-9-11-22(12-10-19)27-18-21(26)17-24-13-15-25(16-14-24)20-7-5-4-6-8-20/h4-12,21,26H,13-18H2,1-3H3/p+1/t21-/m0/s1. The molecular formula is C23H33N2O2+. The minimum atomic E-state index is -0.439. The minimum Gasteiger partial charge on any atom is -0.491 e. The third kappa shape index (κ3) is 5.72. The molecule has 3 rings (SSSR count). The third-order valence-corrected chi connectivity index (χ3v) is 5.28. The largest absolute Gasteiger partial charge is 0.491 e. The first-order valence-corrected chi connectivity index (χ1v) is 9.97. The lowest BCUT2D eigenvalue weighted by Crippen LogP contribution is -3.16. The normalized spacial score (nSPS) is 17.0. The number of nitrogens with zero attached hydrogens (tertiary/aromatic N) is 1. The summed E-state index contributed by atoms with van der Waals surface area (Å²) >= 11 is 0. The lowest BCUT2D eigenvalue weighted by atomic mass is 9.87. The Labute approximate surface area is 163 Å². The molecule has 0 aromatic heterocycles. The van der Waals surface area contributed by atoms with Gasteiger partial charge in [0.1, 0.15) is 25.0 Å². The van der Waals surface area contributed by atoms with Crippen LogP contribution in [0.5, 0.6) is 5.75 Å². The number of rotatable bonds is 6. The lowest BCUT2D eigenvalue weighted by molar-refractivity contribution is -0.903. The SMILES string of the molecule is CC(C)(C)c1ccc(OC[C@@H](O)C[NH+]2CCN(c3ccccc3)CC2)cc1. The van der Waals surface area contributed by atoms with Crippen molar-refractivity contribution in [1.29, 1.82) is 0 Å². The van der Waals surface area contributed by atoms with E-state index in [1.54, 1.807) is 0 Å². The van der Waals surface area contributed by atoms with Gasteiger partial charge in [-0.15, -0.1) is 0 Å². The molecule has 27 heavy (non-hydrogen) atoms. The van der Waals surface area contributed by atoms with Crippen LogP contribution in [0.15, 0.2) is 54.6 Å². The van der Waals surface area contributed by atoms with Gasteiger partial charge in [0.15, 0.2) is 0 Å². The summed E-state index contributed by atoms with van der Waals surface area (Å²) in [6, 6.07) is 18.8. The predicted octanol–water partition coefficient (Wildman–Crippen LogP) is 2.13. The fourth-order valence-electron chi connectivity index (χ4n) is 3.56. The zero-order chi connectivity index (χ0) is 19.3. The first-order chi connectivity index (χ1) is 12.9. The Bertz CT molecular complexity index is 687. The summed E-state index contributed by atoms with van der Waals surface area (Å²) in [5, 5.41) is 10.4. The molecule has 146 valence electrons. The van der Waals surface area contributed by atoms with Crippen molar-refractivity contribution in [2.45, 2.75) is 32.3 Å². The number of aliphatic hydroxyl groups is 1. The second-order valence-corrected chi connectivity index (χ2v) is 8.52. The second kappa shape index (κ2) is 8.77. The molecular weight excluding hydrogens is 336 g/mol. The fourth-order valence-corrected chi connectivity index (χ4v) is 3.56. The van der Waals surface area contributed by atoms with Crippen LogP contribution in [-0.2, 0) is 5.41 Å². The molecule has 2 aromatic rings. The Hall–Kier alpha value is -2.04. The summed E-state index contributed by atoms with van der Waals surface area (Å²) in [5.74, 6) is 0.825. The number of anilines is 1. The van der Waals surface area contributed by atoms with Gasteiger partial charge in [-0.3, -0.25) is 0 Å². The minimum absolute atomic E-state index is 0.142. The van der Waals surface area contributed by atoms with Crippen molar-refractivity contribution in [3.63, 3.8) is 0 Å². The molecule has 0 aliphatic carbocycles. The first-order valence-electron chi connectivity index (χ1n) is 9.97. The maximum absolute atomic E-state index is 10.4. The molecule has 2 aromatic carbocycles. The van der Waals surface area contributed by atoms with Crippen LogP contribution in [-0.4, -0.2) is 50.5 Å².